The first-order valence-electron chi connectivity index (χ1n) is 10.1. The Morgan fingerprint density at radius 3 is 2.19 bits per heavy atom. The van der Waals surface area contributed by atoms with Gasteiger partial charge in [-0.25, -0.2) is 0 Å². The molecule has 6 nitrogen and oxygen atoms in total. The van der Waals surface area contributed by atoms with E-state index in [1.165, 1.54) is 26.2 Å². The smallest absolute Gasteiger partial charge is 0.272 e. The lowest BCUT2D eigenvalue weighted by atomic mass is 9.89. The third-order valence-corrected chi connectivity index (χ3v) is 6.33. The first-order valence-corrected chi connectivity index (χ1v) is 10.1. The zero-order valence-corrected chi connectivity index (χ0v) is 17.1. The van der Waals surface area contributed by atoms with Gasteiger partial charge in [-0.2, -0.15) is 5.10 Å². The minimum absolute atomic E-state index is 0.137. The van der Waals surface area contributed by atoms with Crippen LogP contribution in [0.4, 0.5) is 0 Å². The molecule has 146 valence electrons. The maximum absolute atomic E-state index is 12.9. The van der Waals surface area contributed by atoms with Gasteiger partial charge in [0.05, 0.1) is 5.69 Å². The highest BCUT2D eigenvalue weighted by Gasteiger charge is 2.31. The van der Waals surface area contributed by atoms with Crippen LogP contribution in [0.1, 0.15) is 55.7 Å². The van der Waals surface area contributed by atoms with Gasteiger partial charge in [0.1, 0.15) is 5.69 Å². The molecule has 26 heavy (non-hydrogen) atoms. The van der Waals surface area contributed by atoms with Crippen molar-refractivity contribution in [3.05, 3.63) is 17.5 Å². The number of nitrogens with zero attached hydrogens (tertiary/aromatic N) is 5. The Morgan fingerprint density at radius 2 is 1.65 bits per heavy atom. The SMILES string of the molecule is CC(C)c1cc(C(=O)N2CCC(C(C)N3CCN(C)CC3)CC2)n(C)n1. The van der Waals surface area contributed by atoms with Crippen molar-refractivity contribution in [2.24, 2.45) is 13.0 Å². The van der Waals surface area contributed by atoms with Crippen LogP contribution in [0, 0.1) is 5.92 Å². The number of likely N-dealkylation sites (tertiary alicyclic amines) is 1. The second-order valence-electron chi connectivity index (χ2n) is 8.44. The van der Waals surface area contributed by atoms with E-state index in [9.17, 15) is 4.79 Å². The number of piperidine rings is 1. The van der Waals surface area contributed by atoms with Crippen LogP contribution in [0.3, 0.4) is 0 Å². The van der Waals surface area contributed by atoms with Crippen LogP contribution in [0.2, 0.25) is 0 Å². The van der Waals surface area contributed by atoms with Gasteiger partial charge in [0, 0.05) is 52.4 Å². The highest BCUT2D eigenvalue weighted by molar-refractivity contribution is 5.92. The van der Waals surface area contributed by atoms with Crippen molar-refractivity contribution in [1.82, 2.24) is 24.5 Å². The number of likely N-dealkylation sites (N-methyl/N-ethyl adjacent to an activating group) is 1. The van der Waals surface area contributed by atoms with E-state index in [0.29, 0.717) is 17.9 Å². The van der Waals surface area contributed by atoms with Gasteiger partial charge in [0.15, 0.2) is 0 Å². The molecular weight excluding hydrogens is 326 g/mol. The first kappa shape index (κ1) is 19.4. The number of carbonyl (C=O) groups is 1. The van der Waals surface area contributed by atoms with Crippen LogP contribution < -0.4 is 0 Å². The fraction of sp³-hybridized carbons (Fsp3) is 0.800. The molecule has 1 amide bonds. The summed E-state index contributed by atoms with van der Waals surface area (Å²) in [7, 11) is 4.08. The summed E-state index contributed by atoms with van der Waals surface area (Å²) in [6, 6.07) is 2.58. The van der Waals surface area contributed by atoms with Gasteiger partial charge in [-0.3, -0.25) is 14.4 Å². The zero-order chi connectivity index (χ0) is 18.8. The molecule has 0 radical (unpaired) electrons. The molecule has 0 aliphatic carbocycles. The molecule has 6 heteroatoms. The Balaban J connectivity index is 1.55. The predicted molar refractivity (Wildman–Crippen MR) is 104 cm³/mol. The van der Waals surface area contributed by atoms with Gasteiger partial charge in [-0.1, -0.05) is 13.8 Å². The maximum atomic E-state index is 12.9. The molecule has 3 heterocycles. The Hall–Kier alpha value is -1.40. The Kier molecular flexibility index (Phi) is 6.03. The number of hydrogen-bond acceptors (Lipinski definition) is 4. The molecule has 2 aliphatic heterocycles. The summed E-state index contributed by atoms with van der Waals surface area (Å²) in [5.74, 6) is 1.18. The topological polar surface area (TPSA) is 44.6 Å². The molecule has 2 fully saturated rings. The Morgan fingerprint density at radius 1 is 1.04 bits per heavy atom. The summed E-state index contributed by atoms with van der Waals surface area (Å²) < 4.78 is 1.75. The van der Waals surface area contributed by atoms with Gasteiger partial charge in [0.2, 0.25) is 0 Å². The lowest BCUT2D eigenvalue weighted by Gasteiger charge is -2.42. The minimum atomic E-state index is 0.137. The zero-order valence-electron chi connectivity index (χ0n) is 17.1. The molecule has 1 aromatic rings. The molecule has 0 saturated carbocycles. The Bertz CT molecular complexity index is 610. The predicted octanol–water partition coefficient (Wildman–Crippen LogP) is 2.03. The first-order chi connectivity index (χ1) is 12.4. The highest BCUT2D eigenvalue weighted by atomic mass is 16.2. The minimum Gasteiger partial charge on any atom is -0.337 e. The van der Waals surface area contributed by atoms with Crippen LogP contribution in [-0.4, -0.2) is 82.7 Å². The molecule has 1 atom stereocenters. The number of aryl methyl sites for hydroxylation is 1. The third kappa shape index (κ3) is 4.12. The number of piperazine rings is 1. The highest BCUT2D eigenvalue weighted by Crippen LogP contribution is 2.26. The summed E-state index contributed by atoms with van der Waals surface area (Å²) in [5, 5.41) is 4.50. The van der Waals surface area contributed by atoms with Gasteiger partial charge in [-0.15, -0.1) is 0 Å². The molecule has 2 saturated heterocycles. The fourth-order valence-corrected chi connectivity index (χ4v) is 4.25. The van der Waals surface area contributed by atoms with Gasteiger partial charge in [0.25, 0.3) is 5.91 Å². The summed E-state index contributed by atoms with van der Waals surface area (Å²) in [5.41, 5.74) is 1.72. The van der Waals surface area contributed by atoms with Crippen molar-refractivity contribution >= 4 is 5.91 Å². The maximum Gasteiger partial charge on any atom is 0.272 e. The van der Waals surface area contributed by atoms with Crippen molar-refractivity contribution in [3.63, 3.8) is 0 Å². The van der Waals surface area contributed by atoms with E-state index in [2.05, 4.69) is 42.7 Å². The van der Waals surface area contributed by atoms with Gasteiger partial charge in [-0.05, 0) is 44.7 Å². The number of amides is 1. The molecule has 1 aromatic heterocycles. The summed E-state index contributed by atoms with van der Waals surface area (Å²) >= 11 is 0. The molecule has 0 bridgehead atoms. The third-order valence-electron chi connectivity index (χ3n) is 6.33. The molecule has 1 unspecified atom stereocenters. The fourth-order valence-electron chi connectivity index (χ4n) is 4.25. The average Bonchev–Trinajstić information content (AvgIpc) is 3.03. The van der Waals surface area contributed by atoms with Crippen molar-refractivity contribution in [2.45, 2.75) is 45.6 Å². The second kappa shape index (κ2) is 8.09. The molecular formula is C20H35N5O. The van der Waals surface area contributed by atoms with E-state index in [1.807, 2.05) is 18.0 Å². The lowest BCUT2D eigenvalue weighted by molar-refractivity contribution is 0.0493. The number of rotatable bonds is 4. The van der Waals surface area contributed by atoms with Crippen LogP contribution in [0.5, 0.6) is 0 Å². The molecule has 0 aromatic carbocycles. The van der Waals surface area contributed by atoms with Crippen LogP contribution in [0.25, 0.3) is 0 Å². The molecule has 0 N–H and O–H groups in total. The molecule has 3 rings (SSSR count). The van der Waals surface area contributed by atoms with Crippen LogP contribution in [-0.2, 0) is 7.05 Å². The Labute approximate surface area is 158 Å². The van der Waals surface area contributed by atoms with E-state index < -0.39 is 0 Å². The van der Waals surface area contributed by atoms with Crippen molar-refractivity contribution < 1.29 is 4.79 Å². The van der Waals surface area contributed by atoms with Crippen LogP contribution >= 0.6 is 0 Å². The lowest BCUT2D eigenvalue weighted by Crippen LogP contribution is -2.52. The molecule has 0 spiro atoms. The van der Waals surface area contributed by atoms with Gasteiger partial charge < -0.3 is 9.80 Å². The largest absolute Gasteiger partial charge is 0.337 e. The van der Waals surface area contributed by atoms with Gasteiger partial charge >= 0.3 is 0 Å². The quantitative estimate of drug-likeness (QED) is 0.823. The second-order valence-corrected chi connectivity index (χ2v) is 8.44. The van der Waals surface area contributed by atoms with Crippen molar-refractivity contribution in [2.75, 3.05) is 46.3 Å². The summed E-state index contributed by atoms with van der Waals surface area (Å²) in [4.78, 5) is 20.0. The number of aromatic nitrogens is 2. The standard InChI is InChI=1S/C20H35N5O/c1-15(2)18-14-19(23(5)21-18)20(26)25-8-6-17(7-9-25)16(3)24-12-10-22(4)11-13-24/h14-17H,6-13H2,1-5H3. The van der Waals surface area contributed by atoms with E-state index in [1.54, 1.807) is 4.68 Å². The van der Waals surface area contributed by atoms with E-state index in [4.69, 9.17) is 0 Å². The van der Waals surface area contributed by atoms with E-state index >= 15 is 0 Å². The van der Waals surface area contributed by atoms with Crippen molar-refractivity contribution in [3.8, 4) is 0 Å². The van der Waals surface area contributed by atoms with Crippen molar-refractivity contribution in [1.29, 1.82) is 0 Å². The summed E-state index contributed by atoms with van der Waals surface area (Å²) in [6.07, 6.45) is 2.21. The number of hydrogen-bond donors (Lipinski definition) is 0. The summed E-state index contributed by atoms with van der Waals surface area (Å²) in [6.45, 7) is 13.0. The molecule has 2 aliphatic rings. The van der Waals surface area contributed by atoms with Crippen LogP contribution in [0.15, 0.2) is 6.07 Å². The van der Waals surface area contributed by atoms with E-state index in [0.717, 1.165) is 37.3 Å². The average molecular weight is 362 g/mol. The normalized spacial score (nSPS) is 22.2. The monoisotopic (exact) mass is 361 g/mol. The van der Waals surface area contributed by atoms with E-state index in [-0.39, 0.29) is 5.91 Å². The number of carbonyl (C=O) groups excluding carboxylic acids is 1.